The molecule has 0 spiro atoms. The molecule has 2 bridgehead atoms. The lowest BCUT2D eigenvalue weighted by molar-refractivity contribution is -0.146. The quantitative estimate of drug-likeness (QED) is 0.717. The van der Waals surface area contributed by atoms with Crippen LogP contribution in [0.15, 0.2) is 23.2 Å². The summed E-state index contributed by atoms with van der Waals surface area (Å²) in [4.78, 5) is 23.0. The van der Waals surface area contributed by atoms with Crippen molar-refractivity contribution in [1.29, 1.82) is 0 Å². The van der Waals surface area contributed by atoms with Gasteiger partial charge in [-0.05, 0) is 43.4 Å². The number of carbonyl (C=O) groups excluding carboxylic acids is 1. The molecule has 0 aromatic heterocycles. The Hall–Kier alpha value is -2.66. The number of rotatable bonds is 5. The average molecular weight is 439 g/mol. The summed E-state index contributed by atoms with van der Waals surface area (Å²) in [7, 11) is 1.61. The number of fused-ring (bicyclic) bond motifs is 1. The second-order valence-electron chi connectivity index (χ2n) is 10.6. The standard InChI is InChI=1S/C24H27FN4O3/c1-27-23-9-22(10-23,11-23)12-31-15-5-6-18(25)16(7-15)24-13-32-19(14-3-4-14)8-17(24)20(30)29(2)21(26)28-24/h5-7,14,17,19H,3-4,8-13H2,2H3,(H2,26,28)/t17-,19+,22?,23?,24+/m0/s1. The third-order valence-corrected chi connectivity index (χ3v) is 8.29. The van der Waals surface area contributed by atoms with E-state index in [1.54, 1.807) is 19.2 Å². The van der Waals surface area contributed by atoms with Gasteiger partial charge in [0.15, 0.2) is 5.96 Å². The van der Waals surface area contributed by atoms with Crippen molar-refractivity contribution in [2.45, 2.75) is 55.7 Å². The summed E-state index contributed by atoms with van der Waals surface area (Å²) >= 11 is 0. The van der Waals surface area contributed by atoms with Gasteiger partial charge < -0.3 is 20.1 Å². The summed E-state index contributed by atoms with van der Waals surface area (Å²) < 4.78 is 27.4. The van der Waals surface area contributed by atoms with Crippen molar-refractivity contribution < 1.29 is 18.7 Å². The number of hydrogen-bond acceptors (Lipinski definition) is 5. The fourth-order valence-corrected chi connectivity index (χ4v) is 6.37. The van der Waals surface area contributed by atoms with Gasteiger partial charge in [-0.2, -0.15) is 0 Å². The summed E-state index contributed by atoms with van der Waals surface area (Å²) in [5.41, 5.74) is 5.13. The molecule has 7 nitrogen and oxygen atoms in total. The molecule has 6 aliphatic rings. The molecule has 0 radical (unpaired) electrons. The van der Waals surface area contributed by atoms with Crippen molar-refractivity contribution in [3.8, 4) is 5.75 Å². The SMILES string of the molecule is [C-]#[N+]C12CC(COc3ccc(F)c([C@]45CO[C@@H](C6CC6)C[C@H]4C(=O)N(C)C(N)=N5)c3)(C1)C2. The molecule has 168 valence electrons. The minimum atomic E-state index is -1.19. The first-order valence-corrected chi connectivity index (χ1v) is 11.3. The highest BCUT2D eigenvalue weighted by Crippen LogP contribution is 2.69. The van der Waals surface area contributed by atoms with Crippen LogP contribution in [0.25, 0.3) is 4.85 Å². The lowest BCUT2D eigenvalue weighted by Crippen LogP contribution is -2.67. The molecule has 3 atom stereocenters. The highest BCUT2D eigenvalue weighted by molar-refractivity contribution is 6.00. The topological polar surface area (TPSA) is 81.5 Å². The first-order chi connectivity index (χ1) is 15.3. The Bertz CT molecular complexity index is 1060. The molecule has 0 unspecified atom stereocenters. The number of nitrogens with zero attached hydrogens (tertiary/aromatic N) is 3. The summed E-state index contributed by atoms with van der Waals surface area (Å²) in [5.74, 6) is -0.0253. The minimum Gasteiger partial charge on any atom is -0.493 e. The van der Waals surface area contributed by atoms with E-state index < -0.39 is 17.3 Å². The van der Waals surface area contributed by atoms with E-state index in [2.05, 4.69) is 9.84 Å². The number of aliphatic imine (C=N–C) groups is 1. The van der Waals surface area contributed by atoms with Crippen LogP contribution in [-0.2, 0) is 15.1 Å². The van der Waals surface area contributed by atoms with Crippen LogP contribution in [0, 0.1) is 29.6 Å². The molecule has 8 heteroatoms. The lowest BCUT2D eigenvalue weighted by Gasteiger charge is -2.61. The van der Waals surface area contributed by atoms with E-state index in [0.717, 1.165) is 32.1 Å². The van der Waals surface area contributed by atoms with Gasteiger partial charge in [0, 0.05) is 37.3 Å². The second kappa shape index (κ2) is 6.44. The van der Waals surface area contributed by atoms with Crippen LogP contribution in [0.1, 0.15) is 44.1 Å². The molecule has 32 heavy (non-hydrogen) atoms. The molecule has 2 heterocycles. The lowest BCUT2D eigenvalue weighted by atomic mass is 9.40. The number of carbonyl (C=O) groups is 1. The van der Waals surface area contributed by atoms with Crippen molar-refractivity contribution in [3.05, 3.63) is 41.0 Å². The highest BCUT2D eigenvalue weighted by Gasteiger charge is 2.74. The number of hydrogen-bond donors (Lipinski definition) is 1. The maximum Gasteiger partial charge on any atom is 0.235 e. The fourth-order valence-electron chi connectivity index (χ4n) is 6.37. The molecule has 1 saturated heterocycles. The van der Waals surface area contributed by atoms with Gasteiger partial charge in [-0.1, -0.05) is 0 Å². The van der Waals surface area contributed by atoms with E-state index in [9.17, 15) is 4.79 Å². The van der Waals surface area contributed by atoms with Crippen LogP contribution in [-0.4, -0.2) is 48.7 Å². The van der Waals surface area contributed by atoms with Gasteiger partial charge in [0.1, 0.15) is 17.1 Å². The molecule has 2 N–H and O–H groups in total. The van der Waals surface area contributed by atoms with E-state index in [4.69, 9.17) is 21.8 Å². The van der Waals surface area contributed by atoms with Crippen LogP contribution >= 0.6 is 0 Å². The molecule has 2 aliphatic heterocycles. The number of guanidine groups is 1. The first-order valence-electron chi connectivity index (χ1n) is 11.3. The predicted molar refractivity (Wildman–Crippen MR) is 114 cm³/mol. The second-order valence-corrected chi connectivity index (χ2v) is 10.6. The van der Waals surface area contributed by atoms with Gasteiger partial charge >= 0.3 is 0 Å². The zero-order valence-corrected chi connectivity index (χ0v) is 18.1. The smallest absolute Gasteiger partial charge is 0.235 e. The fraction of sp³-hybridized carbons (Fsp3) is 0.625. The van der Waals surface area contributed by atoms with Crippen molar-refractivity contribution in [1.82, 2.24) is 4.90 Å². The molecule has 1 aromatic rings. The monoisotopic (exact) mass is 438 g/mol. The van der Waals surface area contributed by atoms with Crippen LogP contribution in [0.2, 0.25) is 0 Å². The maximum absolute atomic E-state index is 15.2. The third-order valence-electron chi connectivity index (χ3n) is 8.29. The van der Waals surface area contributed by atoms with E-state index in [0.29, 0.717) is 30.3 Å². The Balaban J connectivity index is 1.31. The largest absolute Gasteiger partial charge is 0.493 e. The Labute approximate surface area is 186 Å². The third kappa shape index (κ3) is 2.73. The molecule has 4 aliphatic carbocycles. The van der Waals surface area contributed by atoms with E-state index in [1.165, 1.54) is 11.0 Å². The van der Waals surface area contributed by atoms with Gasteiger partial charge in [0.2, 0.25) is 11.4 Å². The molecular weight excluding hydrogens is 411 g/mol. The van der Waals surface area contributed by atoms with Crippen molar-refractivity contribution in [3.63, 3.8) is 0 Å². The minimum absolute atomic E-state index is 0.00143. The van der Waals surface area contributed by atoms with Crippen molar-refractivity contribution in [2.75, 3.05) is 20.3 Å². The van der Waals surface area contributed by atoms with E-state index in [-0.39, 0.29) is 35.5 Å². The highest BCUT2D eigenvalue weighted by atomic mass is 19.1. The number of halogens is 1. The molecule has 7 rings (SSSR count). The number of nitrogens with two attached hydrogens (primary N) is 1. The predicted octanol–water partition coefficient (Wildman–Crippen LogP) is 2.84. The van der Waals surface area contributed by atoms with Crippen LogP contribution in [0.3, 0.4) is 0 Å². The van der Waals surface area contributed by atoms with Gasteiger partial charge in [0.25, 0.3) is 0 Å². The average Bonchev–Trinajstić information content (AvgIpc) is 3.57. The first kappa shape index (κ1) is 20.0. The summed E-state index contributed by atoms with van der Waals surface area (Å²) in [6.45, 7) is 7.93. The molecule has 1 amide bonds. The molecule has 5 fully saturated rings. The van der Waals surface area contributed by atoms with Crippen molar-refractivity contribution >= 4 is 11.9 Å². The molecule has 1 aromatic carbocycles. The van der Waals surface area contributed by atoms with Crippen molar-refractivity contribution in [2.24, 2.45) is 28.0 Å². The summed E-state index contributed by atoms with van der Waals surface area (Å²) in [5, 5.41) is 0. The normalized spacial score (nSPS) is 39.8. The van der Waals surface area contributed by atoms with Crippen LogP contribution in [0.5, 0.6) is 5.75 Å². The Kier molecular flexibility index (Phi) is 4.02. The summed E-state index contributed by atoms with van der Waals surface area (Å²) in [6, 6.07) is 4.65. The van der Waals surface area contributed by atoms with Crippen LogP contribution < -0.4 is 10.5 Å². The van der Waals surface area contributed by atoms with Gasteiger partial charge in [-0.25, -0.2) is 16.0 Å². The summed E-state index contributed by atoms with van der Waals surface area (Å²) in [6.07, 6.45) is 5.35. The zero-order chi connectivity index (χ0) is 22.3. The van der Waals surface area contributed by atoms with E-state index in [1.807, 2.05) is 0 Å². The number of benzene rings is 1. The van der Waals surface area contributed by atoms with E-state index >= 15 is 4.39 Å². The Morgan fingerprint density at radius 3 is 2.81 bits per heavy atom. The van der Waals surface area contributed by atoms with Gasteiger partial charge in [-0.15, -0.1) is 0 Å². The van der Waals surface area contributed by atoms with Crippen LogP contribution in [0.4, 0.5) is 4.39 Å². The molecular formula is C24H27FN4O3. The maximum atomic E-state index is 15.2. The Morgan fingerprint density at radius 1 is 1.38 bits per heavy atom. The number of amides is 1. The van der Waals surface area contributed by atoms with Gasteiger partial charge in [-0.3, -0.25) is 9.69 Å². The zero-order valence-electron chi connectivity index (χ0n) is 18.1. The molecule has 4 saturated carbocycles. The Morgan fingerprint density at radius 2 is 2.12 bits per heavy atom. The van der Waals surface area contributed by atoms with Gasteiger partial charge in [0.05, 0.1) is 25.2 Å². The number of ether oxygens (including phenoxy) is 2.